The van der Waals surface area contributed by atoms with E-state index in [1.807, 2.05) is 18.2 Å². The summed E-state index contributed by atoms with van der Waals surface area (Å²) in [6.45, 7) is 2.54. The van der Waals surface area contributed by atoms with Crippen LogP contribution in [0, 0.1) is 5.82 Å². The maximum atomic E-state index is 13.5. The fourth-order valence-corrected chi connectivity index (χ4v) is 3.84. The minimum absolute atomic E-state index is 0.180. The average Bonchev–Trinajstić information content (AvgIpc) is 2.48. The molecule has 1 aliphatic rings. The maximum absolute atomic E-state index is 13.5. The summed E-state index contributed by atoms with van der Waals surface area (Å²) in [7, 11) is 0. The molecule has 1 aliphatic heterocycles. The molecular weight excluding hydrogens is 355 g/mol. The quantitative estimate of drug-likeness (QED) is 0.844. The van der Waals surface area contributed by atoms with Crippen molar-refractivity contribution in [3.8, 4) is 0 Å². The molecule has 3 rings (SSSR count). The Morgan fingerprint density at radius 3 is 2.71 bits per heavy atom. The lowest BCUT2D eigenvalue weighted by Gasteiger charge is -2.39. The summed E-state index contributed by atoms with van der Waals surface area (Å²) in [4.78, 5) is 2.23. The Balaban J connectivity index is 2.03. The van der Waals surface area contributed by atoms with Crippen molar-refractivity contribution in [2.24, 2.45) is 0 Å². The van der Waals surface area contributed by atoms with Crippen LogP contribution >= 0.6 is 27.5 Å². The van der Waals surface area contributed by atoms with Gasteiger partial charge in [-0.05, 0) is 33.6 Å². The van der Waals surface area contributed by atoms with Crippen molar-refractivity contribution in [2.75, 3.05) is 24.5 Å². The van der Waals surface area contributed by atoms with Gasteiger partial charge in [0.05, 0.1) is 16.8 Å². The summed E-state index contributed by atoms with van der Waals surface area (Å²) >= 11 is 9.74. The summed E-state index contributed by atoms with van der Waals surface area (Å²) in [5.41, 5.74) is 2.07. The van der Waals surface area contributed by atoms with E-state index in [2.05, 4.69) is 38.3 Å². The SMILES string of the molecule is Fc1cc(Cl)c(N2CCNCC2c2ccccc2)c(Br)c1. The smallest absolute Gasteiger partial charge is 0.125 e. The number of benzene rings is 2. The third-order valence-corrected chi connectivity index (χ3v) is 4.59. The summed E-state index contributed by atoms with van der Waals surface area (Å²) in [5.74, 6) is -0.331. The molecule has 0 aromatic heterocycles. The van der Waals surface area contributed by atoms with Crippen molar-refractivity contribution in [3.63, 3.8) is 0 Å². The highest BCUT2D eigenvalue weighted by molar-refractivity contribution is 9.10. The lowest BCUT2D eigenvalue weighted by molar-refractivity contribution is 0.489. The zero-order valence-electron chi connectivity index (χ0n) is 11.3. The molecule has 0 spiro atoms. The van der Waals surface area contributed by atoms with Gasteiger partial charge in [0.15, 0.2) is 0 Å². The molecule has 2 nitrogen and oxygen atoms in total. The number of piperazine rings is 1. The van der Waals surface area contributed by atoms with Gasteiger partial charge in [-0.1, -0.05) is 41.9 Å². The topological polar surface area (TPSA) is 15.3 Å². The third kappa shape index (κ3) is 3.07. The Morgan fingerprint density at radius 2 is 2.00 bits per heavy atom. The highest BCUT2D eigenvalue weighted by atomic mass is 79.9. The minimum Gasteiger partial charge on any atom is -0.360 e. The molecule has 0 radical (unpaired) electrons. The number of nitrogens with one attached hydrogen (secondary N) is 1. The second-order valence-corrected chi connectivity index (χ2v) is 6.30. The number of rotatable bonds is 2. The third-order valence-electron chi connectivity index (χ3n) is 3.70. The first kappa shape index (κ1) is 14.8. The number of hydrogen-bond acceptors (Lipinski definition) is 2. The van der Waals surface area contributed by atoms with Crippen LogP contribution in [0.3, 0.4) is 0 Å². The Kier molecular flexibility index (Phi) is 4.48. The first-order chi connectivity index (χ1) is 10.2. The van der Waals surface area contributed by atoms with Crippen molar-refractivity contribution in [1.29, 1.82) is 0 Å². The molecular formula is C16H15BrClFN2. The Morgan fingerprint density at radius 1 is 1.24 bits per heavy atom. The van der Waals surface area contributed by atoms with E-state index in [1.54, 1.807) is 0 Å². The van der Waals surface area contributed by atoms with Crippen LogP contribution in [0.4, 0.5) is 10.1 Å². The highest BCUT2D eigenvalue weighted by Crippen LogP contribution is 2.39. The summed E-state index contributed by atoms with van der Waals surface area (Å²) in [6, 6.07) is 13.3. The lowest BCUT2D eigenvalue weighted by Crippen LogP contribution is -2.46. The van der Waals surface area contributed by atoms with Gasteiger partial charge < -0.3 is 10.2 Å². The minimum atomic E-state index is -0.331. The van der Waals surface area contributed by atoms with E-state index < -0.39 is 0 Å². The Labute approximate surface area is 137 Å². The molecule has 1 saturated heterocycles. The molecule has 0 bridgehead atoms. The van der Waals surface area contributed by atoms with E-state index in [4.69, 9.17) is 11.6 Å². The van der Waals surface area contributed by atoms with Gasteiger partial charge >= 0.3 is 0 Å². The lowest BCUT2D eigenvalue weighted by atomic mass is 10.0. The Bertz CT molecular complexity index is 612. The molecule has 5 heteroatoms. The van der Waals surface area contributed by atoms with Gasteiger partial charge in [-0.25, -0.2) is 4.39 Å². The van der Waals surface area contributed by atoms with Crippen molar-refractivity contribution in [1.82, 2.24) is 5.32 Å². The largest absolute Gasteiger partial charge is 0.360 e. The predicted molar refractivity (Wildman–Crippen MR) is 88.5 cm³/mol. The first-order valence-corrected chi connectivity index (χ1v) is 8.01. The van der Waals surface area contributed by atoms with E-state index >= 15 is 0 Å². The van der Waals surface area contributed by atoms with Crippen LogP contribution < -0.4 is 10.2 Å². The first-order valence-electron chi connectivity index (χ1n) is 6.83. The van der Waals surface area contributed by atoms with Gasteiger partial charge in [0.1, 0.15) is 5.82 Å². The molecule has 1 atom stereocenters. The maximum Gasteiger partial charge on any atom is 0.125 e. The van der Waals surface area contributed by atoms with Crippen LogP contribution in [-0.4, -0.2) is 19.6 Å². The van der Waals surface area contributed by atoms with Crippen LogP contribution in [0.15, 0.2) is 46.9 Å². The van der Waals surface area contributed by atoms with Crippen LogP contribution in [0.5, 0.6) is 0 Å². The van der Waals surface area contributed by atoms with Gasteiger partial charge in [-0.15, -0.1) is 0 Å². The zero-order valence-corrected chi connectivity index (χ0v) is 13.7. The highest BCUT2D eigenvalue weighted by Gasteiger charge is 2.27. The van der Waals surface area contributed by atoms with E-state index in [0.29, 0.717) is 9.50 Å². The Hall–Kier alpha value is -1.10. The molecule has 2 aromatic rings. The van der Waals surface area contributed by atoms with Gasteiger partial charge in [0.2, 0.25) is 0 Å². The van der Waals surface area contributed by atoms with Crippen molar-refractivity contribution < 1.29 is 4.39 Å². The number of halogens is 3. The van der Waals surface area contributed by atoms with Crippen LogP contribution in [0.2, 0.25) is 5.02 Å². The number of nitrogens with zero attached hydrogens (tertiary/aromatic N) is 1. The van der Waals surface area contributed by atoms with Crippen LogP contribution in [0.1, 0.15) is 11.6 Å². The molecule has 1 N–H and O–H groups in total. The molecule has 21 heavy (non-hydrogen) atoms. The summed E-state index contributed by atoms with van der Waals surface area (Å²) in [5, 5.41) is 3.84. The average molecular weight is 370 g/mol. The molecule has 0 aliphatic carbocycles. The van der Waals surface area contributed by atoms with E-state index in [0.717, 1.165) is 25.3 Å². The second kappa shape index (κ2) is 6.34. The van der Waals surface area contributed by atoms with Gasteiger partial charge in [-0.2, -0.15) is 0 Å². The summed E-state index contributed by atoms with van der Waals surface area (Å²) < 4.78 is 14.1. The molecule has 1 heterocycles. The van der Waals surface area contributed by atoms with Gasteiger partial charge in [0.25, 0.3) is 0 Å². The number of anilines is 1. The van der Waals surface area contributed by atoms with E-state index in [1.165, 1.54) is 17.7 Å². The fourth-order valence-electron chi connectivity index (χ4n) is 2.75. The van der Waals surface area contributed by atoms with Gasteiger partial charge in [0, 0.05) is 24.1 Å². The monoisotopic (exact) mass is 368 g/mol. The van der Waals surface area contributed by atoms with Crippen LogP contribution in [-0.2, 0) is 0 Å². The van der Waals surface area contributed by atoms with Crippen LogP contribution in [0.25, 0.3) is 0 Å². The molecule has 2 aromatic carbocycles. The van der Waals surface area contributed by atoms with E-state index in [9.17, 15) is 4.39 Å². The molecule has 0 saturated carbocycles. The van der Waals surface area contributed by atoms with Crippen molar-refractivity contribution >= 4 is 33.2 Å². The van der Waals surface area contributed by atoms with Gasteiger partial charge in [-0.3, -0.25) is 0 Å². The fraction of sp³-hybridized carbons (Fsp3) is 0.250. The summed E-state index contributed by atoms with van der Waals surface area (Å²) in [6.07, 6.45) is 0. The molecule has 1 fully saturated rings. The molecule has 1 unspecified atom stereocenters. The van der Waals surface area contributed by atoms with Crippen molar-refractivity contribution in [3.05, 3.63) is 63.3 Å². The van der Waals surface area contributed by atoms with Crippen molar-refractivity contribution in [2.45, 2.75) is 6.04 Å². The second-order valence-electron chi connectivity index (χ2n) is 5.04. The molecule has 0 amide bonds. The standard InChI is InChI=1S/C16H15BrClFN2/c17-13-8-12(19)9-14(18)16(13)21-7-6-20-10-15(21)11-4-2-1-3-5-11/h1-5,8-9,15,20H,6-7,10H2. The number of hydrogen-bond donors (Lipinski definition) is 1. The zero-order chi connectivity index (χ0) is 14.8. The van der Waals surface area contributed by atoms with E-state index in [-0.39, 0.29) is 11.9 Å². The molecule has 110 valence electrons. The predicted octanol–water partition coefficient (Wildman–Crippen LogP) is 4.39. The normalized spacial score (nSPS) is 18.8.